The topological polar surface area (TPSA) is 49.4 Å². The lowest BCUT2D eigenvalue weighted by molar-refractivity contribution is -0.126. The summed E-state index contributed by atoms with van der Waals surface area (Å²) in [6, 6.07) is 2.28. The molecule has 1 aromatic carbocycles. The van der Waals surface area contributed by atoms with Crippen LogP contribution in [-0.2, 0) is 9.59 Å². The summed E-state index contributed by atoms with van der Waals surface area (Å²) in [5.41, 5.74) is 0.141. The number of hydrogen-bond acceptors (Lipinski definition) is 2. The van der Waals surface area contributed by atoms with Gasteiger partial charge >= 0.3 is 0 Å². The minimum absolute atomic E-state index is 0.0551. The van der Waals surface area contributed by atoms with Crippen molar-refractivity contribution in [3.05, 3.63) is 29.8 Å². The van der Waals surface area contributed by atoms with Gasteiger partial charge in [-0.25, -0.2) is 8.78 Å². The van der Waals surface area contributed by atoms with Crippen LogP contribution >= 0.6 is 0 Å². The first kappa shape index (κ1) is 15.4. The molecule has 1 saturated heterocycles. The Bertz CT molecular complexity index is 542. The van der Waals surface area contributed by atoms with E-state index in [4.69, 9.17) is 0 Å². The maximum atomic E-state index is 13.3. The Morgan fingerprint density at radius 1 is 1.29 bits per heavy atom. The largest absolute Gasteiger partial charge is 0.344 e. The summed E-state index contributed by atoms with van der Waals surface area (Å²) in [4.78, 5) is 25.6. The second-order valence-electron chi connectivity index (χ2n) is 5.30. The molecule has 4 nitrogen and oxygen atoms in total. The van der Waals surface area contributed by atoms with E-state index >= 15 is 0 Å². The second kappa shape index (κ2) is 6.20. The molecule has 1 aliphatic rings. The summed E-state index contributed by atoms with van der Waals surface area (Å²) in [6.45, 7) is 3.89. The molecule has 1 aromatic rings. The van der Waals surface area contributed by atoms with E-state index in [2.05, 4.69) is 5.32 Å². The summed E-state index contributed by atoms with van der Waals surface area (Å²) in [5.74, 6) is -2.11. The van der Waals surface area contributed by atoms with Crippen LogP contribution in [0.15, 0.2) is 18.2 Å². The Labute approximate surface area is 122 Å². The van der Waals surface area contributed by atoms with Crippen LogP contribution in [0.2, 0.25) is 0 Å². The van der Waals surface area contributed by atoms with Crippen molar-refractivity contribution < 1.29 is 18.4 Å². The van der Waals surface area contributed by atoms with Crippen LogP contribution in [0.5, 0.6) is 0 Å². The summed E-state index contributed by atoms with van der Waals surface area (Å²) < 4.78 is 26.7. The van der Waals surface area contributed by atoms with Crippen LogP contribution in [-0.4, -0.2) is 24.4 Å². The van der Waals surface area contributed by atoms with E-state index in [1.807, 2.05) is 13.8 Å². The monoisotopic (exact) mass is 296 g/mol. The van der Waals surface area contributed by atoms with Crippen molar-refractivity contribution >= 4 is 17.5 Å². The van der Waals surface area contributed by atoms with Gasteiger partial charge in [-0.1, -0.05) is 20.3 Å². The first-order chi connectivity index (χ1) is 9.92. The third-order valence-electron chi connectivity index (χ3n) is 3.78. The standard InChI is InChI=1S/C15H18F2N2O2/c1-3-9(2)14-15(21)19(5-4-13(20)18-14)12-7-10(16)6-11(17)8-12/h6-9,14H,3-5H2,1-2H3,(H,18,20). The lowest BCUT2D eigenvalue weighted by atomic mass is 9.98. The van der Waals surface area contributed by atoms with E-state index in [0.29, 0.717) is 6.42 Å². The van der Waals surface area contributed by atoms with Crippen molar-refractivity contribution in [2.75, 3.05) is 11.4 Å². The molecule has 114 valence electrons. The predicted molar refractivity (Wildman–Crippen MR) is 74.7 cm³/mol. The smallest absolute Gasteiger partial charge is 0.249 e. The number of nitrogens with one attached hydrogen (secondary N) is 1. The number of carbonyl (C=O) groups is 2. The Balaban J connectivity index is 2.37. The molecule has 2 amide bonds. The fourth-order valence-electron chi connectivity index (χ4n) is 2.37. The number of amides is 2. The first-order valence-electron chi connectivity index (χ1n) is 6.99. The summed E-state index contributed by atoms with van der Waals surface area (Å²) >= 11 is 0. The fraction of sp³-hybridized carbons (Fsp3) is 0.467. The molecule has 6 heteroatoms. The molecular formula is C15H18F2N2O2. The van der Waals surface area contributed by atoms with E-state index < -0.39 is 17.7 Å². The summed E-state index contributed by atoms with van der Waals surface area (Å²) in [5, 5.41) is 2.69. The van der Waals surface area contributed by atoms with Gasteiger partial charge in [0, 0.05) is 24.7 Å². The molecule has 0 aromatic heterocycles. The molecule has 2 atom stereocenters. The lowest BCUT2D eigenvalue weighted by Gasteiger charge is -2.27. The zero-order valence-electron chi connectivity index (χ0n) is 12.0. The van der Waals surface area contributed by atoms with Crippen molar-refractivity contribution in [1.29, 1.82) is 0 Å². The molecule has 1 heterocycles. The Morgan fingerprint density at radius 3 is 2.48 bits per heavy atom. The van der Waals surface area contributed by atoms with Crippen LogP contribution in [0.4, 0.5) is 14.5 Å². The quantitative estimate of drug-likeness (QED) is 0.930. The van der Waals surface area contributed by atoms with Crippen LogP contribution in [0.25, 0.3) is 0 Å². The van der Waals surface area contributed by atoms with E-state index in [9.17, 15) is 18.4 Å². The number of hydrogen-bond donors (Lipinski definition) is 1. The van der Waals surface area contributed by atoms with Crippen molar-refractivity contribution in [1.82, 2.24) is 5.32 Å². The molecule has 21 heavy (non-hydrogen) atoms. The van der Waals surface area contributed by atoms with Gasteiger partial charge in [0.1, 0.15) is 17.7 Å². The van der Waals surface area contributed by atoms with Crippen LogP contribution < -0.4 is 10.2 Å². The summed E-state index contributed by atoms with van der Waals surface area (Å²) in [6.07, 6.45) is 0.818. The molecule has 1 fully saturated rings. The highest BCUT2D eigenvalue weighted by atomic mass is 19.1. The van der Waals surface area contributed by atoms with Gasteiger partial charge in [-0.2, -0.15) is 0 Å². The zero-order chi connectivity index (χ0) is 15.6. The lowest BCUT2D eigenvalue weighted by Crippen LogP contribution is -2.48. The molecule has 1 N–H and O–H groups in total. The third kappa shape index (κ3) is 3.37. The molecule has 0 bridgehead atoms. The van der Waals surface area contributed by atoms with Crippen molar-refractivity contribution in [3.8, 4) is 0 Å². The van der Waals surface area contributed by atoms with E-state index in [-0.39, 0.29) is 36.4 Å². The van der Waals surface area contributed by atoms with Gasteiger partial charge in [-0.15, -0.1) is 0 Å². The molecule has 2 unspecified atom stereocenters. The number of benzene rings is 1. The zero-order valence-corrected chi connectivity index (χ0v) is 12.0. The van der Waals surface area contributed by atoms with Gasteiger partial charge in [0.15, 0.2) is 0 Å². The average Bonchev–Trinajstić information content (AvgIpc) is 2.56. The third-order valence-corrected chi connectivity index (χ3v) is 3.78. The van der Waals surface area contributed by atoms with Crippen molar-refractivity contribution in [2.24, 2.45) is 5.92 Å². The number of anilines is 1. The first-order valence-corrected chi connectivity index (χ1v) is 6.99. The predicted octanol–water partition coefficient (Wildman–Crippen LogP) is 2.23. The molecule has 0 spiro atoms. The van der Waals surface area contributed by atoms with Gasteiger partial charge in [0.2, 0.25) is 11.8 Å². The van der Waals surface area contributed by atoms with Crippen LogP contribution in [0, 0.1) is 17.6 Å². The van der Waals surface area contributed by atoms with E-state index in [1.54, 1.807) is 0 Å². The Kier molecular flexibility index (Phi) is 4.55. The molecule has 0 radical (unpaired) electrons. The minimum Gasteiger partial charge on any atom is -0.344 e. The van der Waals surface area contributed by atoms with Crippen molar-refractivity contribution in [2.45, 2.75) is 32.7 Å². The minimum atomic E-state index is -0.749. The molecule has 2 rings (SSSR count). The van der Waals surface area contributed by atoms with Gasteiger partial charge in [0.25, 0.3) is 0 Å². The Morgan fingerprint density at radius 2 is 1.90 bits per heavy atom. The van der Waals surface area contributed by atoms with Gasteiger partial charge in [-0.05, 0) is 18.1 Å². The SMILES string of the molecule is CCC(C)C1NC(=O)CCN(c2cc(F)cc(F)c2)C1=O. The number of halogens is 2. The number of nitrogens with zero attached hydrogens (tertiary/aromatic N) is 1. The maximum Gasteiger partial charge on any atom is 0.249 e. The second-order valence-corrected chi connectivity index (χ2v) is 5.30. The number of rotatable bonds is 3. The van der Waals surface area contributed by atoms with E-state index in [0.717, 1.165) is 18.2 Å². The van der Waals surface area contributed by atoms with Gasteiger partial charge in [0.05, 0.1) is 0 Å². The molecule has 1 aliphatic heterocycles. The normalized spacial score (nSPS) is 21.0. The highest BCUT2D eigenvalue weighted by molar-refractivity contribution is 6.01. The van der Waals surface area contributed by atoms with Gasteiger partial charge in [-0.3, -0.25) is 9.59 Å². The van der Waals surface area contributed by atoms with Crippen LogP contribution in [0.3, 0.4) is 0 Å². The molecule has 0 aliphatic carbocycles. The molecule has 0 saturated carbocycles. The summed E-state index contributed by atoms with van der Waals surface area (Å²) in [7, 11) is 0. The highest BCUT2D eigenvalue weighted by Gasteiger charge is 2.33. The van der Waals surface area contributed by atoms with E-state index in [1.165, 1.54) is 4.90 Å². The Hall–Kier alpha value is -1.98. The fourth-order valence-corrected chi connectivity index (χ4v) is 2.37. The van der Waals surface area contributed by atoms with Gasteiger partial charge < -0.3 is 10.2 Å². The maximum absolute atomic E-state index is 13.3. The van der Waals surface area contributed by atoms with Crippen LogP contribution in [0.1, 0.15) is 26.7 Å². The highest BCUT2D eigenvalue weighted by Crippen LogP contribution is 2.23. The average molecular weight is 296 g/mol. The molecular weight excluding hydrogens is 278 g/mol. The number of carbonyl (C=O) groups excluding carboxylic acids is 2. The van der Waals surface area contributed by atoms with Crippen molar-refractivity contribution in [3.63, 3.8) is 0 Å².